The van der Waals surface area contributed by atoms with Crippen LogP contribution in [0.25, 0.3) is 11.3 Å². The number of hydrogen-bond acceptors (Lipinski definition) is 3. The highest BCUT2D eigenvalue weighted by Crippen LogP contribution is 2.19. The highest BCUT2D eigenvalue weighted by atomic mass is 16.3. The number of benzene rings is 1. The first-order valence-electron chi connectivity index (χ1n) is 5.21. The molecule has 0 saturated carbocycles. The van der Waals surface area contributed by atoms with Crippen molar-refractivity contribution in [1.29, 1.82) is 0 Å². The second kappa shape index (κ2) is 4.47. The maximum absolute atomic E-state index is 9.51. The fourth-order valence-corrected chi connectivity index (χ4v) is 1.50. The minimum Gasteiger partial charge on any atom is -0.384 e. The molecular formula is C12H15N3O. The van der Waals surface area contributed by atoms with Crippen LogP contribution in [0.2, 0.25) is 0 Å². The van der Waals surface area contributed by atoms with Crippen molar-refractivity contribution in [2.75, 3.05) is 6.54 Å². The van der Waals surface area contributed by atoms with Gasteiger partial charge in [0.25, 0.3) is 0 Å². The van der Waals surface area contributed by atoms with Gasteiger partial charge >= 0.3 is 0 Å². The van der Waals surface area contributed by atoms with Gasteiger partial charge in [0.2, 0.25) is 0 Å². The molecular weight excluding hydrogens is 202 g/mol. The van der Waals surface area contributed by atoms with Crippen molar-refractivity contribution in [2.45, 2.75) is 13.0 Å². The SMILES string of the molecule is Cc1ccc(-c2cnc(C(O)CN)[nH]2)cc1. The lowest BCUT2D eigenvalue weighted by Gasteiger charge is -2.02. The van der Waals surface area contributed by atoms with Gasteiger partial charge in [0.15, 0.2) is 0 Å². The molecule has 0 amide bonds. The van der Waals surface area contributed by atoms with E-state index in [1.165, 1.54) is 5.56 Å². The predicted octanol–water partition coefficient (Wildman–Crippen LogP) is 1.38. The smallest absolute Gasteiger partial charge is 0.136 e. The van der Waals surface area contributed by atoms with Crippen molar-refractivity contribution in [1.82, 2.24) is 9.97 Å². The molecule has 1 heterocycles. The minimum atomic E-state index is -0.723. The third kappa shape index (κ3) is 2.13. The summed E-state index contributed by atoms with van der Waals surface area (Å²) in [6, 6.07) is 8.10. The van der Waals surface area contributed by atoms with E-state index in [0.29, 0.717) is 5.82 Å². The number of aromatic nitrogens is 2. The summed E-state index contributed by atoms with van der Waals surface area (Å²) >= 11 is 0. The van der Waals surface area contributed by atoms with Crippen molar-refractivity contribution >= 4 is 0 Å². The second-order valence-electron chi connectivity index (χ2n) is 3.80. The number of hydrogen-bond donors (Lipinski definition) is 3. The molecule has 1 atom stereocenters. The molecule has 0 aliphatic heterocycles. The van der Waals surface area contributed by atoms with Crippen molar-refractivity contribution in [3.63, 3.8) is 0 Å². The first kappa shape index (κ1) is 10.9. The molecule has 2 rings (SSSR count). The first-order chi connectivity index (χ1) is 7.70. The summed E-state index contributed by atoms with van der Waals surface area (Å²) in [4.78, 5) is 7.16. The van der Waals surface area contributed by atoms with E-state index >= 15 is 0 Å². The van der Waals surface area contributed by atoms with E-state index in [0.717, 1.165) is 11.3 Å². The van der Waals surface area contributed by atoms with Gasteiger partial charge in [-0.05, 0) is 12.5 Å². The van der Waals surface area contributed by atoms with Crippen LogP contribution in [-0.2, 0) is 0 Å². The normalized spacial score (nSPS) is 12.7. The van der Waals surface area contributed by atoms with Crippen LogP contribution in [0.4, 0.5) is 0 Å². The Balaban J connectivity index is 2.28. The number of aliphatic hydroxyl groups excluding tert-OH is 1. The van der Waals surface area contributed by atoms with Crippen molar-refractivity contribution < 1.29 is 5.11 Å². The topological polar surface area (TPSA) is 74.9 Å². The van der Waals surface area contributed by atoms with Gasteiger partial charge in [0, 0.05) is 6.54 Å². The summed E-state index contributed by atoms with van der Waals surface area (Å²) in [6.07, 6.45) is 0.984. The Kier molecular flexibility index (Phi) is 3.03. The van der Waals surface area contributed by atoms with E-state index < -0.39 is 6.10 Å². The van der Waals surface area contributed by atoms with E-state index in [2.05, 4.69) is 9.97 Å². The average molecular weight is 217 g/mol. The number of aromatic amines is 1. The largest absolute Gasteiger partial charge is 0.384 e. The van der Waals surface area contributed by atoms with Crippen molar-refractivity contribution in [2.24, 2.45) is 5.73 Å². The van der Waals surface area contributed by atoms with E-state index in [9.17, 15) is 5.11 Å². The molecule has 1 aromatic carbocycles. The quantitative estimate of drug-likeness (QED) is 0.727. The lowest BCUT2D eigenvalue weighted by atomic mass is 10.1. The Morgan fingerprint density at radius 1 is 1.38 bits per heavy atom. The third-order valence-electron chi connectivity index (χ3n) is 2.50. The molecule has 1 aromatic heterocycles. The highest BCUT2D eigenvalue weighted by Gasteiger charge is 2.09. The molecule has 0 radical (unpaired) electrons. The van der Waals surface area contributed by atoms with E-state index in [-0.39, 0.29) is 6.54 Å². The molecule has 16 heavy (non-hydrogen) atoms. The Labute approximate surface area is 94.1 Å². The van der Waals surface area contributed by atoms with Crippen LogP contribution in [0.1, 0.15) is 17.5 Å². The van der Waals surface area contributed by atoms with Gasteiger partial charge in [-0.2, -0.15) is 0 Å². The van der Waals surface area contributed by atoms with Crippen molar-refractivity contribution in [3.05, 3.63) is 41.9 Å². The van der Waals surface area contributed by atoms with Gasteiger partial charge in [0.1, 0.15) is 11.9 Å². The van der Waals surface area contributed by atoms with Gasteiger partial charge in [-0.1, -0.05) is 29.8 Å². The van der Waals surface area contributed by atoms with Gasteiger partial charge in [-0.25, -0.2) is 4.98 Å². The molecule has 0 aliphatic carbocycles. The fourth-order valence-electron chi connectivity index (χ4n) is 1.50. The highest BCUT2D eigenvalue weighted by molar-refractivity contribution is 5.58. The molecule has 84 valence electrons. The number of aliphatic hydroxyl groups is 1. The van der Waals surface area contributed by atoms with Crippen LogP contribution in [0, 0.1) is 6.92 Å². The zero-order chi connectivity index (χ0) is 11.5. The molecule has 0 aliphatic rings. The fraction of sp³-hybridized carbons (Fsp3) is 0.250. The Hall–Kier alpha value is -1.65. The third-order valence-corrected chi connectivity index (χ3v) is 2.50. The van der Waals surface area contributed by atoms with Crippen molar-refractivity contribution in [3.8, 4) is 11.3 Å². The number of aryl methyl sites for hydroxylation is 1. The maximum atomic E-state index is 9.51. The second-order valence-corrected chi connectivity index (χ2v) is 3.80. The minimum absolute atomic E-state index is 0.168. The van der Waals surface area contributed by atoms with Gasteiger partial charge in [-0.3, -0.25) is 0 Å². The monoisotopic (exact) mass is 217 g/mol. The van der Waals surface area contributed by atoms with Crippen LogP contribution in [-0.4, -0.2) is 21.6 Å². The number of imidazole rings is 1. The van der Waals surface area contributed by atoms with E-state index in [4.69, 9.17) is 5.73 Å². The Morgan fingerprint density at radius 2 is 2.06 bits per heavy atom. The summed E-state index contributed by atoms with van der Waals surface area (Å²) in [6.45, 7) is 2.21. The molecule has 2 aromatic rings. The average Bonchev–Trinajstić information content (AvgIpc) is 2.78. The number of nitrogens with one attached hydrogen (secondary N) is 1. The standard InChI is InChI=1S/C12H15N3O/c1-8-2-4-9(5-3-8)10-7-14-12(15-10)11(16)6-13/h2-5,7,11,16H,6,13H2,1H3,(H,14,15). The summed E-state index contributed by atoms with van der Waals surface area (Å²) in [5, 5.41) is 9.51. The van der Waals surface area contributed by atoms with Gasteiger partial charge in [0.05, 0.1) is 11.9 Å². The number of rotatable bonds is 3. The van der Waals surface area contributed by atoms with Crippen LogP contribution in [0.15, 0.2) is 30.5 Å². The molecule has 0 fully saturated rings. The Morgan fingerprint density at radius 3 is 2.69 bits per heavy atom. The predicted molar refractivity (Wildman–Crippen MR) is 62.8 cm³/mol. The molecule has 0 spiro atoms. The lowest BCUT2D eigenvalue weighted by molar-refractivity contribution is 0.177. The molecule has 4 nitrogen and oxygen atoms in total. The van der Waals surface area contributed by atoms with Gasteiger partial charge < -0.3 is 15.8 Å². The molecule has 0 saturated heterocycles. The molecule has 0 bridgehead atoms. The van der Waals surface area contributed by atoms with Crippen LogP contribution in [0.5, 0.6) is 0 Å². The zero-order valence-electron chi connectivity index (χ0n) is 9.14. The van der Waals surface area contributed by atoms with E-state index in [1.54, 1.807) is 6.20 Å². The first-order valence-corrected chi connectivity index (χ1v) is 5.21. The number of H-pyrrole nitrogens is 1. The van der Waals surface area contributed by atoms with Crippen LogP contribution in [0.3, 0.4) is 0 Å². The molecule has 1 unspecified atom stereocenters. The van der Waals surface area contributed by atoms with Crippen LogP contribution >= 0.6 is 0 Å². The summed E-state index contributed by atoms with van der Waals surface area (Å²) in [5.41, 5.74) is 8.52. The number of nitrogens with two attached hydrogens (primary N) is 1. The number of nitrogens with zero attached hydrogens (tertiary/aromatic N) is 1. The molecule has 4 heteroatoms. The maximum Gasteiger partial charge on any atom is 0.136 e. The van der Waals surface area contributed by atoms with Crippen LogP contribution < -0.4 is 5.73 Å². The zero-order valence-corrected chi connectivity index (χ0v) is 9.14. The lowest BCUT2D eigenvalue weighted by Crippen LogP contribution is -2.12. The summed E-state index contributed by atoms with van der Waals surface area (Å²) in [5.74, 6) is 0.512. The molecule has 4 N–H and O–H groups in total. The Bertz CT molecular complexity index is 461. The summed E-state index contributed by atoms with van der Waals surface area (Å²) < 4.78 is 0. The van der Waals surface area contributed by atoms with Gasteiger partial charge in [-0.15, -0.1) is 0 Å². The summed E-state index contributed by atoms with van der Waals surface area (Å²) in [7, 11) is 0. The van der Waals surface area contributed by atoms with E-state index in [1.807, 2.05) is 31.2 Å².